The monoisotopic (exact) mass is 272 g/mol. The van der Waals surface area contributed by atoms with Gasteiger partial charge in [0.25, 0.3) is 0 Å². The van der Waals surface area contributed by atoms with Gasteiger partial charge in [0.2, 0.25) is 5.91 Å². The van der Waals surface area contributed by atoms with Gasteiger partial charge in [-0.15, -0.1) is 0 Å². The van der Waals surface area contributed by atoms with Crippen LogP contribution in [0.1, 0.15) is 26.6 Å². The molecular weight excluding hydrogens is 252 g/mol. The number of fused-ring (bicyclic) bond motifs is 1. The summed E-state index contributed by atoms with van der Waals surface area (Å²) < 4.78 is 0. The van der Waals surface area contributed by atoms with E-state index in [2.05, 4.69) is 41.4 Å². The van der Waals surface area contributed by atoms with Gasteiger partial charge in [-0.2, -0.15) is 0 Å². The van der Waals surface area contributed by atoms with Crippen LogP contribution in [0.3, 0.4) is 0 Å². The van der Waals surface area contributed by atoms with Gasteiger partial charge < -0.3 is 15.6 Å². The fraction of sp³-hybridized carbons (Fsp3) is 0.467. The molecule has 0 atom stereocenters. The van der Waals surface area contributed by atoms with Crippen molar-refractivity contribution in [3.8, 4) is 0 Å². The molecule has 0 radical (unpaired) electrons. The number of nitrogens with one attached hydrogen (secondary N) is 3. The van der Waals surface area contributed by atoms with Gasteiger partial charge in [-0.25, -0.2) is 4.98 Å². The minimum absolute atomic E-state index is 0.0139. The van der Waals surface area contributed by atoms with E-state index in [1.54, 1.807) is 0 Å². The Bertz CT molecular complexity index is 649. The van der Waals surface area contributed by atoms with Gasteiger partial charge in [0, 0.05) is 24.2 Å². The fourth-order valence-corrected chi connectivity index (χ4v) is 2.16. The molecule has 3 N–H and O–H groups in total. The molecule has 0 unspecified atom stereocenters. The van der Waals surface area contributed by atoms with Crippen LogP contribution in [0.25, 0.3) is 11.0 Å². The zero-order valence-corrected chi connectivity index (χ0v) is 12.1. The molecule has 1 aromatic heterocycles. The number of anilines is 1. The summed E-state index contributed by atoms with van der Waals surface area (Å²) in [5, 5.41) is 6.06. The van der Waals surface area contributed by atoms with Crippen LogP contribution in [-0.4, -0.2) is 29.0 Å². The first-order chi connectivity index (χ1) is 9.43. The molecule has 0 aliphatic carbocycles. The summed E-state index contributed by atoms with van der Waals surface area (Å²) in [6.45, 7) is 7.91. The second kappa shape index (κ2) is 4.59. The Balaban J connectivity index is 1.84. The van der Waals surface area contributed by atoms with Crippen molar-refractivity contribution in [2.75, 3.05) is 18.4 Å². The molecule has 5 heteroatoms. The molecule has 1 saturated heterocycles. The van der Waals surface area contributed by atoms with Crippen molar-refractivity contribution in [3.63, 3.8) is 0 Å². The summed E-state index contributed by atoms with van der Waals surface area (Å²) in [6.07, 6.45) is 0. The zero-order chi connectivity index (χ0) is 14.3. The number of carbonyl (C=O) groups excluding carboxylic acids is 1. The van der Waals surface area contributed by atoms with Crippen molar-refractivity contribution in [2.45, 2.75) is 26.2 Å². The van der Waals surface area contributed by atoms with Crippen LogP contribution in [0.4, 0.5) is 5.69 Å². The number of aromatic nitrogens is 2. The van der Waals surface area contributed by atoms with Gasteiger partial charge in [-0.3, -0.25) is 4.79 Å². The first-order valence-corrected chi connectivity index (χ1v) is 6.95. The van der Waals surface area contributed by atoms with Crippen LogP contribution in [-0.2, 0) is 10.2 Å². The van der Waals surface area contributed by atoms with E-state index in [9.17, 15) is 4.79 Å². The summed E-state index contributed by atoms with van der Waals surface area (Å²) in [5.41, 5.74) is 2.69. The summed E-state index contributed by atoms with van der Waals surface area (Å²) in [5.74, 6) is 1.13. The van der Waals surface area contributed by atoms with Crippen LogP contribution >= 0.6 is 0 Å². The van der Waals surface area contributed by atoms with E-state index in [0.29, 0.717) is 0 Å². The van der Waals surface area contributed by atoms with Gasteiger partial charge >= 0.3 is 0 Å². The van der Waals surface area contributed by atoms with E-state index in [-0.39, 0.29) is 17.2 Å². The predicted octanol–water partition coefficient (Wildman–Crippen LogP) is 2.02. The number of benzene rings is 1. The number of amides is 1. The van der Waals surface area contributed by atoms with Crippen molar-refractivity contribution in [1.29, 1.82) is 0 Å². The van der Waals surface area contributed by atoms with E-state index >= 15 is 0 Å². The summed E-state index contributed by atoms with van der Waals surface area (Å²) in [4.78, 5) is 19.8. The maximum Gasteiger partial charge on any atom is 0.230 e. The zero-order valence-electron chi connectivity index (χ0n) is 12.1. The molecule has 1 amide bonds. The number of rotatable bonds is 2. The first kappa shape index (κ1) is 13.1. The lowest BCUT2D eigenvalue weighted by atomic mass is 9.96. The average molecular weight is 272 g/mol. The minimum atomic E-state index is -0.0139. The molecule has 1 aromatic carbocycles. The topological polar surface area (TPSA) is 69.8 Å². The van der Waals surface area contributed by atoms with Crippen molar-refractivity contribution in [1.82, 2.24) is 15.3 Å². The molecule has 0 saturated carbocycles. The lowest BCUT2D eigenvalue weighted by Crippen LogP contribution is -2.48. The van der Waals surface area contributed by atoms with Crippen LogP contribution in [0.2, 0.25) is 0 Å². The molecule has 2 aromatic rings. The molecule has 0 spiro atoms. The van der Waals surface area contributed by atoms with E-state index in [1.165, 1.54) is 0 Å². The highest BCUT2D eigenvalue weighted by Gasteiger charge is 2.25. The van der Waals surface area contributed by atoms with Crippen molar-refractivity contribution in [3.05, 3.63) is 24.0 Å². The standard InChI is InChI=1S/C15H20N4O/c1-15(2,3)14-18-11-5-4-10(6-12(11)19-14)17-13(20)9-7-16-8-9/h4-6,9,16H,7-8H2,1-3H3,(H,17,20)(H,18,19). The summed E-state index contributed by atoms with van der Waals surface area (Å²) >= 11 is 0. The molecule has 3 rings (SSSR count). The third-order valence-electron chi connectivity index (χ3n) is 3.61. The van der Waals surface area contributed by atoms with Crippen molar-refractivity contribution < 1.29 is 4.79 Å². The molecule has 106 valence electrons. The van der Waals surface area contributed by atoms with Crippen LogP contribution in [0.5, 0.6) is 0 Å². The second-order valence-corrected chi connectivity index (χ2v) is 6.41. The van der Waals surface area contributed by atoms with Gasteiger partial charge in [0.05, 0.1) is 17.0 Å². The minimum Gasteiger partial charge on any atom is -0.341 e. The molecule has 0 bridgehead atoms. The van der Waals surface area contributed by atoms with Gasteiger partial charge in [-0.05, 0) is 18.2 Å². The normalized spacial score (nSPS) is 16.1. The van der Waals surface area contributed by atoms with E-state index < -0.39 is 0 Å². The third kappa shape index (κ3) is 2.41. The molecule has 20 heavy (non-hydrogen) atoms. The number of H-pyrrole nitrogens is 1. The number of nitrogens with zero attached hydrogens (tertiary/aromatic N) is 1. The van der Waals surface area contributed by atoms with Crippen LogP contribution in [0.15, 0.2) is 18.2 Å². The second-order valence-electron chi connectivity index (χ2n) is 6.41. The Labute approximate surface area is 118 Å². The Morgan fingerprint density at radius 3 is 2.70 bits per heavy atom. The Morgan fingerprint density at radius 1 is 1.35 bits per heavy atom. The fourth-order valence-electron chi connectivity index (χ4n) is 2.16. The lowest BCUT2D eigenvalue weighted by molar-refractivity contribution is -0.121. The Kier molecular flexibility index (Phi) is 3.01. The highest BCUT2D eigenvalue weighted by atomic mass is 16.2. The van der Waals surface area contributed by atoms with Gasteiger partial charge in [0.1, 0.15) is 5.82 Å². The van der Waals surface area contributed by atoms with Crippen molar-refractivity contribution >= 4 is 22.6 Å². The molecule has 5 nitrogen and oxygen atoms in total. The van der Waals surface area contributed by atoms with Gasteiger partial charge in [-0.1, -0.05) is 20.8 Å². The van der Waals surface area contributed by atoms with Crippen LogP contribution < -0.4 is 10.6 Å². The summed E-state index contributed by atoms with van der Waals surface area (Å²) in [6, 6.07) is 5.79. The molecule has 1 aliphatic heterocycles. The first-order valence-electron chi connectivity index (χ1n) is 6.95. The average Bonchev–Trinajstić information content (AvgIpc) is 2.68. The van der Waals surface area contributed by atoms with E-state index in [1.807, 2.05) is 18.2 Å². The molecular formula is C15H20N4O. The number of carbonyl (C=O) groups is 1. The van der Waals surface area contributed by atoms with Crippen LogP contribution in [0, 0.1) is 5.92 Å². The highest BCUT2D eigenvalue weighted by molar-refractivity contribution is 5.95. The molecule has 1 fully saturated rings. The highest BCUT2D eigenvalue weighted by Crippen LogP contribution is 2.24. The summed E-state index contributed by atoms with van der Waals surface area (Å²) in [7, 11) is 0. The Morgan fingerprint density at radius 2 is 2.10 bits per heavy atom. The SMILES string of the molecule is CC(C)(C)c1nc2ccc(NC(=O)C3CNC3)cc2[nH]1. The lowest BCUT2D eigenvalue weighted by Gasteiger charge is -2.25. The molecule has 2 heterocycles. The number of aromatic amines is 1. The maximum atomic E-state index is 11.9. The quantitative estimate of drug-likeness (QED) is 0.783. The predicted molar refractivity (Wildman–Crippen MR) is 79.8 cm³/mol. The van der Waals surface area contributed by atoms with Crippen molar-refractivity contribution in [2.24, 2.45) is 5.92 Å². The maximum absolute atomic E-state index is 11.9. The Hall–Kier alpha value is -1.88. The van der Waals surface area contributed by atoms with E-state index in [4.69, 9.17) is 0 Å². The number of hydrogen-bond acceptors (Lipinski definition) is 3. The van der Waals surface area contributed by atoms with E-state index in [0.717, 1.165) is 35.6 Å². The smallest absolute Gasteiger partial charge is 0.230 e. The number of hydrogen-bond donors (Lipinski definition) is 3. The largest absolute Gasteiger partial charge is 0.341 e. The van der Waals surface area contributed by atoms with Gasteiger partial charge in [0.15, 0.2) is 0 Å². The number of imidazole rings is 1. The third-order valence-corrected chi connectivity index (χ3v) is 3.61. The molecule has 1 aliphatic rings.